The molecule has 0 aliphatic carbocycles. The molecule has 0 radical (unpaired) electrons. The monoisotopic (exact) mass is 257 g/mol. The highest BCUT2D eigenvalue weighted by atomic mass is 35.5. The summed E-state index contributed by atoms with van der Waals surface area (Å²) in [5, 5.41) is 0.516. The second kappa shape index (κ2) is 5.61. The largest absolute Gasteiger partial charge is 0.491 e. The van der Waals surface area contributed by atoms with Gasteiger partial charge in [0.25, 0.3) is 0 Å². The molecular weight excluding hydrogens is 238 g/mol. The van der Waals surface area contributed by atoms with Crippen molar-refractivity contribution in [1.29, 1.82) is 0 Å². The smallest absolute Gasteiger partial charge is 0.123 e. The van der Waals surface area contributed by atoms with Crippen molar-refractivity contribution in [2.24, 2.45) is 0 Å². The van der Waals surface area contributed by atoms with E-state index in [2.05, 4.69) is 0 Å². The summed E-state index contributed by atoms with van der Waals surface area (Å²) in [6.07, 6.45) is 0. The summed E-state index contributed by atoms with van der Waals surface area (Å²) in [5.41, 5.74) is 7.09. The Morgan fingerprint density at radius 2 is 1.88 bits per heavy atom. The van der Waals surface area contributed by atoms with E-state index in [4.69, 9.17) is 26.8 Å². The number of ether oxygens (including phenoxy) is 2. The van der Waals surface area contributed by atoms with Gasteiger partial charge in [-0.2, -0.15) is 0 Å². The summed E-state index contributed by atoms with van der Waals surface area (Å²) in [6, 6.07) is 3.55. The van der Waals surface area contributed by atoms with Crippen LogP contribution in [0.25, 0.3) is 0 Å². The maximum Gasteiger partial charge on any atom is 0.123 e. The van der Waals surface area contributed by atoms with Gasteiger partial charge in [-0.05, 0) is 39.3 Å². The molecule has 4 heteroatoms. The molecule has 1 aromatic rings. The second-order valence-corrected chi connectivity index (χ2v) is 5.36. The van der Waals surface area contributed by atoms with Gasteiger partial charge >= 0.3 is 0 Å². The lowest BCUT2D eigenvalue weighted by Crippen LogP contribution is -2.22. The van der Waals surface area contributed by atoms with E-state index in [-0.39, 0.29) is 5.60 Å². The summed E-state index contributed by atoms with van der Waals surface area (Å²) >= 11 is 5.93. The molecule has 0 saturated heterocycles. The van der Waals surface area contributed by atoms with Gasteiger partial charge in [-0.1, -0.05) is 11.6 Å². The summed E-state index contributed by atoms with van der Waals surface area (Å²) in [5.74, 6) is 0.752. The highest BCUT2D eigenvalue weighted by Crippen LogP contribution is 2.28. The Hall–Kier alpha value is -0.930. The summed E-state index contributed by atoms with van der Waals surface area (Å²) in [6.45, 7) is 9.02. The first-order valence-electron chi connectivity index (χ1n) is 5.62. The quantitative estimate of drug-likeness (QED) is 0.664. The zero-order valence-corrected chi connectivity index (χ0v) is 11.6. The molecule has 0 aromatic heterocycles. The molecule has 0 amide bonds. The third-order valence-electron chi connectivity index (χ3n) is 2.17. The maximum atomic E-state index is 5.93. The summed E-state index contributed by atoms with van der Waals surface area (Å²) < 4.78 is 11.2. The molecule has 0 saturated carbocycles. The average molecular weight is 258 g/mol. The Balaban J connectivity index is 2.50. The third-order valence-corrected chi connectivity index (χ3v) is 2.50. The van der Waals surface area contributed by atoms with Gasteiger partial charge in [-0.15, -0.1) is 0 Å². The number of hydrogen-bond acceptors (Lipinski definition) is 3. The molecule has 0 bridgehead atoms. The van der Waals surface area contributed by atoms with Crippen LogP contribution in [0.15, 0.2) is 12.1 Å². The molecule has 3 nitrogen and oxygen atoms in total. The zero-order valence-electron chi connectivity index (χ0n) is 10.8. The van der Waals surface area contributed by atoms with Gasteiger partial charge in [0, 0.05) is 6.07 Å². The maximum absolute atomic E-state index is 5.93. The van der Waals surface area contributed by atoms with Crippen LogP contribution in [-0.4, -0.2) is 18.8 Å². The first-order chi connectivity index (χ1) is 7.79. The lowest BCUT2D eigenvalue weighted by molar-refractivity contribution is -0.0163. The van der Waals surface area contributed by atoms with Gasteiger partial charge in [0.1, 0.15) is 12.4 Å². The molecule has 0 spiro atoms. The SMILES string of the molecule is Cc1cc(N)c(Cl)cc1OCCOC(C)(C)C. The number of halogens is 1. The molecule has 17 heavy (non-hydrogen) atoms. The van der Waals surface area contributed by atoms with Crippen LogP contribution < -0.4 is 10.5 Å². The molecule has 0 heterocycles. The Bertz CT molecular complexity index is 386. The van der Waals surface area contributed by atoms with Crippen molar-refractivity contribution in [2.75, 3.05) is 18.9 Å². The fourth-order valence-corrected chi connectivity index (χ4v) is 1.49. The highest BCUT2D eigenvalue weighted by Gasteiger charge is 2.10. The van der Waals surface area contributed by atoms with Crippen LogP contribution >= 0.6 is 11.6 Å². The topological polar surface area (TPSA) is 44.5 Å². The minimum Gasteiger partial charge on any atom is -0.491 e. The Labute approximate surface area is 108 Å². The highest BCUT2D eigenvalue weighted by molar-refractivity contribution is 6.33. The van der Waals surface area contributed by atoms with Crippen molar-refractivity contribution in [3.05, 3.63) is 22.7 Å². The van der Waals surface area contributed by atoms with E-state index in [0.717, 1.165) is 11.3 Å². The number of benzene rings is 1. The van der Waals surface area contributed by atoms with Crippen LogP contribution in [0.3, 0.4) is 0 Å². The van der Waals surface area contributed by atoms with E-state index in [1.165, 1.54) is 0 Å². The molecule has 0 atom stereocenters. The van der Waals surface area contributed by atoms with Crippen molar-refractivity contribution in [3.63, 3.8) is 0 Å². The van der Waals surface area contributed by atoms with Crippen LogP contribution in [0.5, 0.6) is 5.75 Å². The lowest BCUT2D eigenvalue weighted by Gasteiger charge is -2.19. The van der Waals surface area contributed by atoms with Crippen LogP contribution in [0.1, 0.15) is 26.3 Å². The molecular formula is C13H20ClNO2. The molecule has 1 aromatic carbocycles. The van der Waals surface area contributed by atoms with Crippen molar-refractivity contribution in [3.8, 4) is 5.75 Å². The average Bonchev–Trinajstić information content (AvgIpc) is 2.18. The van der Waals surface area contributed by atoms with Gasteiger partial charge in [0.2, 0.25) is 0 Å². The predicted octanol–water partition coefficient (Wildman–Crippen LogP) is 3.42. The lowest BCUT2D eigenvalue weighted by atomic mass is 10.2. The fraction of sp³-hybridized carbons (Fsp3) is 0.538. The van der Waals surface area contributed by atoms with E-state index >= 15 is 0 Å². The molecule has 96 valence electrons. The number of nitrogen functional groups attached to an aromatic ring is 1. The molecule has 0 aliphatic heterocycles. The zero-order chi connectivity index (χ0) is 13.1. The normalized spacial score (nSPS) is 11.6. The minimum absolute atomic E-state index is 0.142. The third kappa shape index (κ3) is 4.84. The van der Waals surface area contributed by atoms with E-state index in [9.17, 15) is 0 Å². The van der Waals surface area contributed by atoms with Crippen molar-refractivity contribution in [1.82, 2.24) is 0 Å². The van der Waals surface area contributed by atoms with E-state index in [0.29, 0.717) is 23.9 Å². The Kier molecular flexibility index (Phi) is 4.66. The Morgan fingerprint density at radius 3 is 2.47 bits per heavy atom. The van der Waals surface area contributed by atoms with E-state index in [1.807, 2.05) is 33.8 Å². The summed E-state index contributed by atoms with van der Waals surface area (Å²) in [7, 11) is 0. The standard InChI is InChI=1S/C13H20ClNO2/c1-9-7-11(15)10(14)8-12(9)16-5-6-17-13(2,3)4/h7-8H,5-6,15H2,1-4H3. The first kappa shape index (κ1) is 14.1. The number of nitrogens with two attached hydrogens (primary N) is 1. The minimum atomic E-state index is -0.142. The van der Waals surface area contributed by atoms with Crippen LogP contribution in [-0.2, 0) is 4.74 Å². The van der Waals surface area contributed by atoms with Crippen LogP contribution in [0, 0.1) is 6.92 Å². The van der Waals surface area contributed by atoms with Crippen LogP contribution in [0.4, 0.5) is 5.69 Å². The fourth-order valence-electron chi connectivity index (χ4n) is 1.34. The van der Waals surface area contributed by atoms with Gasteiger partial charge < -0.3 is 15.2 Å². The van der Waals surface area contributed by atoms with Crippen molar-refractivity contribution in [2.45, 2.75) is 33.3 Å². The summed E-state index contributed by atoms with van der Waals surface area (Å²) in [4.78, 5) is 0. The van der Waals surface area contributed by atoms with E-state index in [1.54, 1.807) is 6.07 Å². The van der Waals surface area contributed by atoms with Crippen LogP contribution in [0.2, 0.25) is 5.02 Å². The molecule has 0 unspecified atom stereocenters. The molecule has 2 N–H and O–H groups in total. The molecule has 1 rings (SSSR count). The van der Waals surface area contributed by atoms with Gasteiger partial charge in [0.05, 0.1) is 22.9 Å². The second-order valence-electron chi connectivity index (χ2n) is 4.95. The molecule has 0 aliphatic rings. The van der Waals surface area contributed by atoms with Crippen molar-refractivity contribution >= 4 is 17.3 Å². The molecule has 0 fully saturated rings. The van der Waals surface area contributed by atoms with Gasteiger partial charge in [-0.3, -0.25) is 0 Å². The van der Waals surface area contributed by atoms with Gasteiger partial charge in [-0.25, -0.2) is 0 Å². The number of rotatable bonds is 4. The predicted molar refractivity (Wildman–Crippen MR) is 71.8 cm³/mol. The number of anilines is 1. The van der Waals surface area contributed by atoms with Gasteiger partial charge in [0.15, 0.2) is 0 Å². The number of hydrogen-bond donors (Lipinski definition) is 1. The number of aryl methyl sites for hydroxylation is 1. The van der Waals surface area contributed by atoms with E-state index < -0.39 is 0 Å². The first-order valence-corrected chi connectivity index (χ1v) is 6.00. The van der Waals surface area contributed by atoms with Crippen molar-refractivity contribution < 1.29 is 9.47 Å². The Morgan fingerprint density at radius 1 is 1.24 bits per heavy atom.